The molecule has 66 valence electrons. The van der Waals surface area contributed by atoms with Crippen molar-refractivity contribution in [3.05, 3.63) is 26.4 Å². The molecule has 1 rings (SSSR count). The third kappa shape index (κ3) is 2.44. The van der Waals surface area contributed by atoms with Crippen molar-refractivity contribution >= 4 is 33.3 Å². The smallest absolute Gasteiger partial charge is 0.0722 e. The number of aliphatic hydroxyl groups excluding tert-OH is 1. The van der Waals surface area contributed by atoms with Crippen molar-refractivity contribution in [2.45, 2.75) is 20.0 Å². The Bertz CT molecular complexity index is 288. The molecule has 3 heteroatoms. The Kier molecular flexibility index (Phi) is 3.50. The van der Waals surface area contributed by atoms with Gasteiger partial charge >= 0.3 is 0 Å². The molecule has 0 aliphatic rings. The van der Waals surface area contributed by atoms with Crippen molar-refractivity contribution in [2.24, 2.45) is 0 Å². The van der Waals surface area contributed by atoms with Crippen LogP contribution in [0.15, 0.2) is 21.5 Å². The minimum Gasteiger partial charge on any atom is -0.389 e. The predicted octanol–water partition coefficient (Wildman–Crippen LogP) is 3.29. The van der Waals surface area contributed by atoms with Crippen LogP contribution in [-0.4, -0.2) is 11.2 Å². The summed E-state index contributed by atoms with van der Waals surface area (Å²) in [6, 6.07) is 2.01. The molecular formula is C9H11BrOS. The summed E-state index contributed by atoms with van der Waals surface area (Å²) in [6.07, 6.45) is 1.64. The third-order valence-corrected chi connectivity index (χ3v) is 3.48. The van der Waals surface area contributed by atoms with E-state index in [0.717, 1.165) is 14.9 Å². The number of hydrogen-bond donors (Lipinski definition) is 1. The highest BCUT2D eigenvalue weighted by Crippen LogP contribution is 2.25. The normalized spacial score (nSPS) is 14.8. The molecule has 0 saturated carbocycles. The van der Waals surface area contributed by atoms with Crippen LogP contribution in [0.3, 0.4) is 0 Å². The van der Waals surface area contributed by atoms with E-state index >= 15 is 0 Å². The summed E-state index contributed by atoms with van der Waals surface area (Å²) in [7, 11) is 0. The van der Waals surface area contributed by atoms with Gasteiger partial charge in [-0.25, -0.2) is 0 Å². The zero-order valence-corrected chi connectivity index (χ0v) is 9.45. The van der Waals surface area contributed by atoms with Gasteiger partial charge in [0.1, 0.15) is 0 Å². The maximum Gasteiger partial charge on any atom is 0.0722 e. The van der Waals surface area contributed by atoms with Crippen molar-refractivity contribution in [3.63, 3.8) is 0 Å². The van der Waals surface area contributed by atoms with E-state index in [-0.39, 0.29) is 6.10 Å². The van der Waals surface area contributed by atoms with Crippen LogP contribution in [0.2, 0.25) is 0 Å². The molecule has 0 bridgehead atoms. The van der Waals surface area contributed by atoms with Crippen molar-refractivity contribution in [2.75, 3.05) is 0 Å². The molecule has 0 spiro atoms. The molecule has 1 aromatic heterocycles. The van der Waals surface area contributed by atoms with Crippen molar-refractivity contribution < 1.29 is 5.11 Å². The van der Waals surface area contributed by atoms with Gasteiger partial charge in [0.05, 0.1) is 6.10 Å². The van der Waals surface area contributed by atoms with Crippen molar-refractivity contribution in [1.29, 1.82) is 0 Å². The minimum atomic E-state index is -0.362. The zero-order valence-electron chi connectivity index (χ0n) is 7.04. The average Bonchev–Trinajstić information content (AvgIpc) is 2.36. The van der Waals surface area contributed by atoms with Crippen LogP contribution in [0, 0.1) is 0 Å². The average molecular weight is 247 g/mol. The van der Waals surface area contributed by atoms with Gasteiger partial charge in [0.15, 0.2) is 0 Å². The van der Waals surface area contributed by atoms with Crippen LogP contribution in [0.4, 0.5) is 0 Å². The lowest BCUT2D eigenvalue weighted by Crippen LogP contribution is -1.99. The van der Waals surface area contributed by atoms with E-state index in [1.54, 1.807) is 18.3 Å². The number of aliphatic hydroxyl groups is 1. The van der Waals surface area contributed by atoms with Gasteiger partial charge in [-0.1, -0.05) is 0 Å². The first-order chi connectivity index (χ1) is 5.61. The topological polar surface area (TPSA) is 20.2 Å². The van der Waals surface area contributed by atoms with Crippen molar-refractivity contribution in [3.8, 4) is 0 Å². The minimum absolute atomic E-state index is 0.362. The highest BCUT2D eigenvalue weighted by molar-refractivity contribution is 9.10. The van der Waals surface area contributed by atoms with Crippen LogP contribution in [0.25, 0.3) is 6.08 Å². The fraction of sp³-hybridized carbons (Fsp3) is 0.333. The summed E-state index contributed by atoms with van der Waals surface area (Å²) in [5, 5.41) is 11.3. The number of rotatable bonds is 2. The molecule has 0 amide bonds. The van der Waals surface area contributed by atoms with Gasteiger partial charge in [-0.2, -0.15) is 0 Å². The van der Waals surface area contributed by atoms with Crippen LogP contribution in [-0.2, 0) is 0 Å². The van der Waals surface area contributed by atoms with Crippen LogP contribution < -0.4 is 0 Å². The Morgan fingerprint density at radius 3 is 2.83 bits per heavy atom. The molecule has 1 nitrogen and oxygen atoms in total. The molecule has 0 fully saturated rings. The SMILES string of the molecule is C/C(=C\c1sccc1Br)C(C)O. The molecule has 0 aromatic carbocycles. The molecule has 0 aliphatic carbocycles. The molecule has 1 aromatic rings. The molecule has 1 atom stereocenters. The Balaban J connectivity index is 2.87. The quantitative estimate of drug-likeness (QED) is 0.850. The molecule has 0 radical (unpaired) electrons. The molecule has 1 N–H and O–H groups in total. The second-order valence-corrected chi connectivity index (χ2v) is 4.50. The fourth-order valence-corrected chi connectivity index (χ4v) is 2.22. The molecule has 0 aliphatic heterocycles. The first-order valence-electron chi connectivity index (χ1n) is 3.70. The lowest BCUT2D eigenvalue weighted by Gasteiger charge is -2.02. The summed E-state index contributed by atoms with van der Waals surface area (Å²) >= 11 is 5.09. The van der Waals surface area contributed by atoms with Crippen LogP contribution in [0.1, 0.15) is 18.7 Å². The van der Waals surface area contributed by atoms with Gasteiger partial charge in [-0.05, 0) is 52.9 Å². The van der Waals surface area contributed by atoms with Crippen molar-refractivity contribution in [1.82, 2.24) is 0 Å². The van der Waals surface area contributed by atoms with Gasteiger partial charge < -0.3 is 5.11 Å². The van der Waals surface area contributed by atoms with E-state index in [4.69, 9.17) is 0 Å². The van der Waals surface area contributed by atoms with E-state index in [1.807, 2.05) is 24.4 Å². The van der Waals surface area contributed by atoms with E-state index in [0.29, 0.717) is 0 Å². The van der Waals surface area contributed by atoms with E-state index in [2.05, 4.69) is 15.9 Å². The summed E-state index contributed by atoms with van der Waals surface area (Å²) in [5.41, 5.74) is 0.984. The largest absolute Gasteiger partial charge is 0.389 e. The predicted molar refractivity (Wildman–Crippen MR) is 57.4 cm³/mol. The summed E-state index contributed by atoms with van der Waals surface area (Å²) < 4.78 is 1.09. The van der Waals surface area contributed by atoms with Gasteiger partial charge in [0, 0.05) is 9.35 Å². The number of thiophene rings is 1. The van der Waals surface area contributed by atoms with Crippen LogP contribution in [0.5, 0.6) is 0 Å². The Morgan fingerprint density at radius 1 is 1.75 bits per heavy atom. The number of halogens is 1. The highest BCUT2D eigenvalue weighted by Gasteiger charge is 2.01. The second-order valence-electron chi connectivity index (χ2n) is 2.70. The van der Waals surface area contributed by atoms with E-state index < -0.39 is 0 Å². The van der Waals surface area contributed by atoms with Gasteiger partial charge in [0.25, 0.3) is 0 Å². The Hall–Kier alpha value is -0.120. The fourth-order valence-electron chi connectivity index (χ4n) is 0.736. The molecule has 0 saturated heterocycles. The number of hydrogen-bond acceptors (Lipinski definition) is 2. The third-order valence-electron chi connectivity index (χ3n) is 1.66. The van der Waals surface area contributed by atoms with Crippen LogP contribution >= 0.6 is 27.3 Å². The summed E-state index contributed by atoms with van der Waals surface area (Å²) in [6.45, 7) is 3.70. The second kappa shape index (κ2) is 4.21. The zero-order chi connectivity index (χ0) is 9.14. The monoisotopic (exact) mass is 246 g/mol. The lowest BCUT2D eigenvalue weighted by atomic mass is 10.2. The highest BCUT2D eigenvalue weighted by atomic mass is 79.9. The maximum absolute atomic E-state index is 9.23. The van der Waals surface area contributed by atoms with Gasteiger partial charge in [-0.15, -0.1) is 11.3 Å². The van der Waals surface area contributed by atoms with E-state index in [9.17, 15) is 5.11 Å². The molecule has 1 unspecified atom stereocenters. The Morgan fingerprint density at radius 2 is 2.42 bits per heavy atom. The first kappa shape index (κ1) is 9.96. The molecular weight excluding hydrogens is 236 g/mol. The maximum atomic E-state index is 9.23. The Labute approximate surface area is 84.9 Å². The van der Waals surface area contributed by atoms with Gasteiger partial charge in [0.2, 0.25) is 0 Å². The molecule has 1 heterocycles. The van der Waals surface area contributed by atoms with E-state index in [1.165, 1.54) is 0 Å². The standard InChI is InChI=1S/C9H11BrOS/c1-6(7(2)11)5-9-8(10)3-4-12-9/h3-5,7,11H,1-2H3/b6-5+. The summed E-state index contributed by atoms with van der Waals surface area (Å²) in [5.74, 6) is 0. The van der Waals surface area contributed by atoms with Gasteiger partial charge in [-0.3, -0.25) is 0 Å². The first-order valence-corrected chi connectivity index (χ1v) is 5.38. The molecule has 12 heavy (non-hydrogen) atoms. The lowest BCUT2D eigenvalue weighted by molar-refractivity contribution is 0.232. The summed E-state index contributed by atoms with van der Waals surface area (Å²) in [4.78, 5) is 1.16.